The molecule has 2 aromatic rings. The van der Waals surface area contributed by atoms with Crippen molar-refractivity contribution in [2.24, 2.45) is 0 Å². The first-order valence-corrected chi connectivity index (χ1v) is 6.29. The summed E-state index contributed by atoms with van der Waals surface area (Å²) >= 11 is 11.9. The van der Waals surface area contributed by atoms with Gasteiger partial charge in [0.25, 0.3) is 0 Å². The van der Waals surface area contributed by atoms with E-state index in [9.17, 15) is 4.79 Å². The van der Waals surface area contributed by atoms with E-state index in [1.807, 2.05) is 30.3 Å². The van der Waals surface area contributed by atoms with Gasteiger partial charge >= 0.3 is 5.97 Å². The normalized spacial score (nSPS) is 10.8. The molecule has 1 N–H and O–H groups in total. The van der Waals surface area contributed by atoms with Crippen molar-refractivity contribution in [3.05, 3.63) is 64.1 Å². The Morgan fingerprint density at radius 2 is 1.79 bits per heavy atom. The molecule has 0 aliphatic carbocycles. The lowest BCUT2D eigenvalue weighted by Gasteiger charge is -2.07. The van der Waals surface area contributed by atoms with E-state index in [1.54, 1.807) is 18.2 Å². The summed E-state index contributed by atoms with van der Waals surface area (Å²) in [7, 11) is 0. The summed E-state index contributed by atoms with van der Waals surface area (Å²) in [5.74, 6) is -0.982. The predicted octanol–water partition coefficient (Wildman–Crippen LogP) is 4.76. The fraction of sp³-hybridized carbons (Fsp3) is 0. The molecule has 0 heterocycles. The number of hydrogen-bond acceptors (Lipinski definition) is 1. The van der Waals surface area contributed by atoms with E-state index < -0.39 is 5.97 Å². The number of carbonyl (C=O) groups is 1. The third kappa shape index (κ3) is 3.37. The SMILES string of the molecule is O=C(O)/C=C/c1ccccc1-c1ccc(Cl)c(Cl)c1. The van der Waals surface area contributed by atoms with Crippen molar-refractivity contribution in [3.8, 4) is 11.1 Å². The van der Waals surface area contributed by atoms with E-state index in [-0.39, 0.29) is 0 Å². The van der Waals surface area contributed by atoms with Gasteiger partial charge in [-0.1, -0.05) is 53.5 Å². The summed E-state index contributed by atoms with van der Waals surface area (Å²) in [4.78, 5) is 10.6. The Kier molecular flexibility index (Phi) is 4.25. The number of aliphatic carboxylic acids is 1. The molecule has 0 bridgehead atoms. The Balaban J connectivity index is 2.49. The summed E-state index contributed by atoms with van der Waals surface area (Å²) in [6, 6.07) is 12.8. The van der Waals surface area contributed by atoms with Crippen molar-refractivity contribution in [1.29, 1.82) is 0 Å². The monoisotopic (exact) mass is 292 g/mol. The largest absolute Gasteiger partial charge is 0.478 e. The standard InChI is InChI=1S/C15H10Cl2O2/c16-13-7-5-11(9-14(13)17)12-4-2-1-3-10(12)6-8-15(18)19/h1-9H,(H,18,19)/b8-6+. The maximum atomic E-state index is 10.6. The van der Waals surface area contributed by atoms with E-state index in [4.69, 9.17) is 28.3 Å². The van der Waals surface area contributed by atoms with Crippen molar-refractivity contribution < 1.29 is 9.90 Å². The molecule has 0 aliphatic rings. The number of carboxylic acids is 1. The zero-order valence-corrected chi connectivity index (χ0v) is 11.3. The molecule has 0 atom stereocenters. The van der Waals surface area contributed by atoms with Crippen molar-refractivity contribution in [2.45, 2.75) is 0 Å². The molecule has 2 nitrogen and oxygen atoms in total. The third-order valence-electron chi connectivity index (χ3n) is 2.60. The summed E-state index contributed by atoms with van der Waals surface area (Å²) in [6.45, 7) is 0. The van der Waals surface area contributed by atoms with Crippen LogP contribution in [0.4, 0.5) is 0 Å². The lowest BCUT2D eigenvalue weighted by atomic mass is 9.99. The molecule has 96 valence electrons. The van der Waals surface area contributed by atoms with E-state index in [1.165, 1.54) is 0 Å². The van der Waals surface area contributed by atoms with Gasteiger partial charge in [-0.3, -0.25) is 0 Å². The summed E-state index contributed by atoms with van der Waals surface area (Å²) in [5.41, 5.74) is 2.60. The van der Waals surface area contributed by atoms with Gasteiger partial charge in [0.2, 0.25) is 0 Å². The van der Waals surface area contributed by atoms with Crippen LogP contribution >= 0.6 is 23.2 Å². The zero-order valence-electron chi connectivity index (χ0n) is 9.81. The maximum Gasteiger partial charge on any atom is 0.328 e. The molecule has 0 aliphatic heterocycles. The lowest BCUT2D eigenvalue weighted by molar-refractivity contribution is -0.131. The smallest absolute Gasteiger partial charge is 0.328 e. The summed E-state index contributed by atoms with van der Waals surface area (Å²) in [6.07, 6.45) is 2.66. The molecular weight excluding hydrogens is 283 g/mol. The van der Waals surface area contributed by atoms with E-state index in [2.05, 4.69) is 0 Å². The predicted molar refractivity (Wildman–Crippen MR) is 78.6 cm³/mol. The molecule has 0 amide bonds. The number of carboxylic acid groups (broad SMARTS) is 1. The Bertz CT molecular complexity index is 648. The van der Waals surface area contributed by atoms with Crippen molar-refractivity contribution in [1.82, 2.24) is 0 Å². The Labute approximate surface area is 120 Å². The van der Waals surface area contributed by atoms with E-state index in [0.29, 0.717) is 10.0 Å². The van der Waals surface area contributed by atoms with Crippen LogP contribution in [0.2, 0.25) is 10.0 Å². The van der Waals surface area contributed by atoms with E-state index >= 15 is 0 Å². The molecule has 2 rings (SSSR count). The summed E-state index contributed by atoms with van der Waals surface area (Å²) < 4.78 is 0. The molecule has 0 fully saturated rings. The fourth-order valence-electron chi connectivity index (χ4n) is 1.73. The minimum atomic E-state index is -0.982. The number of hydrogen-bond donors (Lipinski definition) is 1. The van der Waals surface area contributed by atoms with Gasteiger partial charge in [-0.25, -0.2) is 4.79 Å². The zero-order chi connectivity index (χ0) is 13.8. The number of rotatable bonds is 3. The molecule has 19 heavy (non-hydrogen) atoms. The molecule has 0 unspecified atom stereocenters. The second-order valence-corrected chi connectivity index (χ2v) is 4.70. The lowest BCUT2D eigenvalue weighted by Crippen LogP contribution is -1.88. The quantitative estimate of drug-likeness (QED) is 0.828. The first-order valence-electron chi connectivity index (χ1n) is 5.53. The first kappa shape index (κ1) is 13.7. The molecule has 0 radical (unpaired) electrons. The van der Waals surface area contributed by atoms with Crippen LogP contribution in [0, 0.1) is 0 Å². The van der Waals surface area contributed by atoms with Crippen LogP contribution in [-0.2, 0) is 4.79 Å². The van der Waals surface area contributed by atoms with Crippen molar-refractivity contribution in [2.75, 3.05) is 0 Å². The molecule has 0 spiro atoms. The van der Waals surface area contributed by atoms with Gasteiger partial charge in [0.15, 0.2) is 0 Å². The van der Waals surface area contributed by atoms with Crippen LogP contribution in [0.25, 0.3) is 17.2 Å². The number of halogens is 2. The van der Waals surface area contributed by atoms with Gasteiger partial charge in [0.05, 0.1) is 10.0 Å². The van der Waals surface area contributed by atoms with Gasteiger partial charge in [0, 0.05) is 6.08 Å². The van der Waals surface area contributed by atoms with Gasteiger partial charge < -0.3 is 5.11 Å². The van der Waals surface area contributed by atoms with Crippen molar-refractivity contribution in [3.63, 3.8) is 0 Å². The first-order chi connectivity index (χ1) is 9.08. The van der Waals surface area contributed by atoms with Crippen LogP contribution in [-0.4, -0.2) is 11.1 Å². The molecular formula is C15H10Cl2O2. The van der Waals surface area contributed by atoms with Crippen LogP contribution in [0.15, 0.2) is 48.5 Å². The van der Waals surface area contributed by atoms with Crippen LogP contribution in [0.1, 0.15) is 5.56 Å². The molecule has 0 aromatic heterocycles. The van der Waals surface area contributed by atoms with Crippen LogP contribution in [0.5, 0.6) is 0 Å². The fourth-order valence-corrected chi connectivity index (χ4v) is 2.03. The highest BCUT2D eigenvalue weighted by Gasteiger charge is 2.05. The molecule has 2 aromatic carbocycles. The highest BCUT2D eigenvalue weighted by Crippen LogP contribution is 2.30. The number of benzene rings is 2. The highest BCUT2D eigenvalue weighted by molar-refractivity contribution is 6.42. The molecule has 4 heteroatoms. The third-order valence-corrected chi connectivity index (χ3v) is 3.34. The van der Waals surface area contributed by atoms with Gasteiger partial charge in [-0.2, -0.15) is 0 Å². The van der Waals surface area contributed by atoms with Gasteiger partial charge in [-0.15, -0.1) is 0 Å². The average molecular weight is 293 g/mol. The molecule has 0 saturated heterocycles. The average Bonchev–Trinajstić information content (AvgIpc) is 2.40. The Morgan fingerprint density at radius 1 is 1.05 bits per heavy atom. The van der Waals surface area contributed by atoms with Crippen LogP contribution in [0.3, 0.4) is 0 Å². The highest BCUT2D eigenvalue weighted by atomic mass is 35.5. The second-order valence-electron chi connectivity index (χ2n) is 3.89. The van der Waals surface area contributed by atoms with Crippen LogP contribution < -0.4 is 0 Å². The topological polar surface area (TPSA) is 37.3 Å². The molecule has 0 saturated carbocycles. The van der Waals surface area contributed by atoms with Crippen molar-refractivity contribution >= 4 is 35.2 Å². The second kappa shape index (κ2) is 5.91. The maximum absolute atomic E-state index is 10.6. The summed E-state index contributed by atoms with van der Waals surface area (Å²) in [5, 5.41) is 9.65. The minimum Gasteiger partial charge on any atom is -0.478 e. The van der Waals surface area contributed by atoms with E-state index in [0.717, 1.165) is 22.8 Å². The van der Waals surface area contributed by atoms with Gasteiger partial charge in [-0.05, 0) is 34.9 Å². The Hall–Kier alpha value is -1.77. The minimum absolute atomic E-state index is 0.469. The Morgan fingerprint density at radius 3 is 2.47 bits per heavy atom. The van der Waals surface area contributed by atoms with Gasteiger partial charge in [0.1, 0.15) is 0 Å².